The van der Waals surface area contributed by atoms with Crippen molar-refractivity contribution in [3.05, 3.63) is 0 Å². The molecule has 0 bridgehead atoms. The van der Waals surface area contributed by atoms with Crippen LogP contribution in [0.3, 0.4) is 0 Å². The SMILES string of the molecule is CC(N)C(C)C(=O)NCC1CCCC1C(=O)O. The van der Waals surface area contributed by atoms with Crippen LogP contribution in [0.5, 0.6) is 0 Å². The lowest BCUT2D eigenvalue weighted by Gasteiger charge is -2.19. The predicted molar refractivity (Wildman–Crippen MR) is 64.3 cm³/mol. The van der Waals surface area contributed by atoms with Gasteiger partial charge in [0, 0.05) is 18.5 Å². The number of nitrogens with two attached hydrogens (primary N) is 1. The van der Waals surface area contributed by atoms with Crippen LogP contribution in [0.1, 0.15) is 33.1 Å². The Morgan fingerprint density at radius 2 is 2.06 bits per heavy atom. The lowest BCUT2D eigenvalue weighted by atomic mass is 9.95. The highest BCUT2D eigenvalue weighted by Crippen LogP contribution is 2.31. The van der Waals surface area contributed by atoms with Crippen LogP contribution in [-0.4, -0.2) is 29.6 Å². The van der Waals surface area contributed by atoms with Gasteiger partial charge < -0.3 is 16.2 Å². The fourth-order valence-corrected chi connectivity index (χ4v) is 2.24. The van der Waals surface area contributed by atoms with Crippen LogP contribution in [0.2, 0.25) is 0 Å². The molecule has 0 radical (unpaired) electrons. The lowest BCUT2D eigenvalue weighted by Crippen LogP contribution is -2.41. The van der Waals surface area contributed by atoms with Crippen LogP contribution in [-0.2, 0) is 9.59 Å². The largest absolute Gasteiger partial charge is 0.481 e. The molecule has 1 rings (SSSR count). The summed E-state index contributed by atoms with van der Waals surface area (Å²) in [6, 6.07) is -0.186. The standard InChI is InChI=1S/C12H22N2O3/c1-7(8(2)13)11(15)14-6-9-4-3-5-10(9)12(16)17/h7-10H,3-6,13H2,1-2H3,(H,14,15)(H,16,17). The third kappa shape index (κ3) is 3.70. The van der Waals surface area contributed by atoms with Crippen LogP contribution in [0, 0.1) is 17.8 Å². The van der Waals surface area contributed by atoms with Gasteiger partial charge in [-0.15, -0.1) is 0 Å². The highest BCUT2D eigenvalue weighted by atomic mass is 16.4. The monoisotopic (exact) mass is 242 g/mol. The first-order valence-corrected chi connectivity index (χ1v) is 6.19. The molecule has 4 N–H and O–H groups in total. The quantitative estimate of drug-likeness (QED) is 0.657. The minimum Gasteiger partial charge on any atom is -0.481 e. The fourth-order valence-electron chi connectivity index (χ4n) is 2.24. The van der Waals surface area contributed by atoms with E-state index in [9.17, 15) is 9.59 Å². The summed E-state index contributed by atoms with van der Waals surface area (Å²) < 4.78 is 0. The van der Waals surface area contributed by atoms with Gasteiger partial charge in [0.25, 0.3) is 0 Å². The Balaban J connectivity index is 2.40. The molecule has 4 atom stereocenters. The van der Waals surface area contributed by atoms with Gasteiger partial charge in [0.2, 0.25) is 5.91 Å². The van der Waals surface area contributed by atoms with Crippen molar-refractivity contribution in [3.63, 3.8) is 0 Å². The van der Waals surface area contributed by atoms with Crippen molar-refractivity contribution in [3.8, 4) is 0 Å². The molecule has 1 saturated carbocycles. The topological polar surface area (TPSA) is 92.4 Å². The molecule has 1 aliphatic rings. The Kier molecular flexibility index (Phi) is 4.93. The molecule has 1 fully saturated rings. The van der Waals surface area contributed by atoms with Crippen LogP contribution in [0.15, 0.2) is 0 Å². The molecule has 0 aliphatic heterocycles. The Morgan fingerprint density at radius 1 is 1.41 bits per heavy atom. The molecule has 0 aromatic heterocycles. The maximum absolute atomic E-state index is 11.7. The predicted octanol–water partition coefficient (Wildman–Crippen LogP) is 0.587. The molecule has 1 amide bonds. The molecule has 0 saturated heterocycles. The molecule has 0 spiro atoms. The average Bonchev–Trinajstić information content (AvgIpc) is 2.72. The Labute approximate surface area is 102 Å². The minimum absolute atomic E-state index is 0.0664. The van der Waals surface area contributed by atoms with E-state index < -0.39 is 5.97 Å². The van der Waals surface area contributed by atoms with E-state index in [1.165, 1.54) is 0 Å². The zero-order valence-electron chi connectivity index (χ0n) is 10.5. The van der Waals surface area contributed by atoms with E-state index in [-0.39, 0.29) is 29.7 Å². The van der Waals surface area contributed by atoms with Gasteiger partial charge in [-0.2, -0.15) is 0 Å². The van der Waals surface area contributed by atoms with E-state index in [0.717, 1.165) is 19.3 Å². The molecular weight excluding hydrogens is 220 g/mol. The van der Waals surface area contributed by atoms with Crippen molar-refractivity contribution < 1.29 is 14.7 Å². The Morgan fingerprint density at radius 3 is 2.59 bits per heavy atom. The first-order chi connectivity index (χ1) is 7.93. The van der Waals surface area contributed by atoms with Crippen molar-refractivity contribution in [2.24, 2.45) is 23.5 Å². The Bertz CT molecular complexity index is 291. The summed E-state index contributed by atoms with van der Waals surface area (Å²) in [7, 11) is 0. The number of carboxylic acids is 1. The van der Waals surface area contributed by atoms with Gasteiger partial charge in [0.1, 0.15) is 0 Å². The first-order valence-electron chi connectivity index (χ1n) is 6.19. The fraction of sp³-hybridized carbons (Fsp3) is 0.833. The zero-order valence-corrected chi connectivity index (χ0v) is 10.5. The molecule has 0 aromatic carbocycles. The molecule has 0 aromatic rings. The van der Waals surface area contributed by atoms with Crippen molar-refractivity contribution in [1.82, 2.24) is 5.32 Å². The van der Waals surface area contributed by atoms with Gasteiger partial charge >= 0.3 is 5.97 Å². The highest BCUT2D eigenvalue weighted by molar-refractivity contribution is 5.79. The summed E-state index contributed by atoms with van der Waals surface area (Å²) >= 11 is 0. The molecule has 98 valence electrons. The number of carbonyl (C=O) groups excluding carboxylic acids is 1. The maximum Gasteiger partial charge on any atom is 0.306 e. The molecule has 5 heteroatoms. The van der Waals surface area contributed by atoms with E-state index >= 15 is 0 Å². The molecule has 4 unspecified atom stereocenters. The number of aliphatic carboxylic acids is 1. The van der Waals surface area contributed by atoms with E-state index in [0.29, 0.717) is 6.54 Å². The summed E-state index contributed by atoms with van der Waals surface area (Å²) in [5.41, 5.74) is 5.64. The molecular formula is C12H22N2O3. The van der Waals surface area contributed by atoms with Crippen LogP contribution in [0.25, 0.3) is 0 Å². The number of amides is 1. The van der Waals surface area contributed by atoms with Crippen LogP contribution >= 0.6 is 0 Å². The summed E-state index contributed by atoms with van der Waals surface area (Å²) in [4.78, 5) is 22.6. The van der Waals surface area contributed by atoms with Crippen molar-refractivity contribution >= 4 is 11.9 Å². The van der Waals surface area contributed by atoms with Crippen LogP contribution in [0.4, 0.5) is 0 Å². The lowest BCUT2D eigenvalue weighted by molar-refractivity contribution is -0.143. The van der Waals surface area contributed by atoms with E-state index in [2.05, 4.69) is 5.32 Å². The summed E-state index contributed by atoms with van der Waals surface area (Å²) in [6.07, 6.45) is 2.53. The van der Waals surface area contributed by atoms with Gasteiger partial charge in [-0.1, -0.05) is 13.3 Å². The second-order valence-electron chi connectivity index (χ2n) is 5.03. The third-order valence-corrected chi connectivity index (χ3v) is 3.72. The molecule has 5 nitrogen and oxygen atoms in total. The summed E-state index contributed by atoms with van der Waals surface area (Å²) in [6.45, 7) is 4.02. The van der Waals surface area contributed by atoms with Crippen molar-refractivity contribution in [2.45, 2.75) is 39.2 Å². The number of carboxylic acid groups (broad SMARTS) is 1. The Hall–Kier alpha value is -1.10. The van der Waals surface area contributed by atoms with Gasteiger partial charge in [-0.25, -0.2) is 0 Å². The van der Waals surface area contributed by atoms with Crippen molar-refractivity contribution in [2.75, 3.05) is 6.54 Å². The highest BCUT2D eigenvalue weighted by Gasteiger charge is 2.33. The number of rotatable bonds is 5. The number of nitrogens with one attached hydrogen (secondary N) is 1. The number of carbonyl (C=O) groups is 2. The second kappa shape index (κ2) is 6.00. The summed E-state index contributed by atoms with van der Waals surface area (Å²) in [5, 5.41) is 11.8. The van der Waals surface area contributed by atoms with Crippen molar-refractivity contribution in [1.29, 1.82) is 0 Å². The number of hydrogen-bond acceptors (Lipinski definition) is 3. The van der Waals surface area contributed by atoms with Gasteiger partial charge in [0.15, 0.2) is 0 Å². The average molecular weight is 242 g/mol. The maximum atomic E-state index is 11.7. The van der Waals surface area contributed by atoms with E-state index in [1.807, 2.05) is 0 Å². The van der Waals surface area contributed by atoms with Crippen LogP contribution < -0.4 is 11.1 Å². The second-order valence-corrected chi connectivity index (χ2v) is 5.03. The van der Waals surface area contributed by atoms with Gasteiger partial charge in [-0.3, -0.25) is 9.59 Å². The third-order valence-electron chi connectivity index (χ3n) is 3.72. The first kappa shape index (κ1) is 14.0. The van der Waals surface area contributed by atoms with Gasteiger partial charge in [0.05, 0.1) is 5.92 Å². The molecule has 17 heavy (non-hydrogen) atoms. The van der Waals surface area contributed by atoms with E-state index in [1.54, 1.807) is 13.8 Å². The van der Waals surface area contributed by atoms with Gasteiger partial charge in [-0.05, 0) is 25.7 Å². The zero-order chi connectivity index (χ0) is 13.0. The normalized spacial score (nSPS) is 27.5. The molecule has 1 aliphatic carbocycles. The molecule has 0 heterocycles. The summed E-state index contributed by atoms with van der Waals surface area (Å²) in [5.74, 6) is -1.31. The minimum atomic E-state index is -0.748. The number of hydrogen-bond donors (Lipinski definition) is 3. The van der Waals surface area contributed by atoms with E-state index in [4.69, 9.17) is 10.8 Å². The smallest absolute Gasteiger partial charge is 0.306 e.